The van der Waals surface area contributed by atoms with Crippen LogP contribution in [0.3, 0.4) is 0 Å². The van der Waals surface area contributed by atoms with Gasteiger partial charge in [0.1, 0.15) is 24.1 Å². The molecule has 11 nitrogen and oxygen atoms in total. The molecule has 244 valence electrons. The summed E-state index contributed by atoms with van der Waals surface area (Å²) in [5.41, 5.74) is 2.45. The van der Waals surface area contributed by atoms with Crippen LogP contribution in [0, 0.1) is 0 Å². The molecule has 12 heteroatoms. The first kappa shape index (κ1) is 33.8. The second-order valence-electron chi connectivity index (χ2n) is 11.9. The van der Waals surface area contributed by atoms with Crippen LogP contribution in [-0.4, -0.2) is 67.0 Å². The zero-order valence-electron chi connectivity index (χ0n) is 26.3. The molecular formula is C34H39FN4O7. The molecule has 0 aliphatic carbocycles. The minimum Gasteiger partial charge on any atom is -0.491 e. The molecule has 1 fully saturated rings. The molecule has 1 saturated heterocycles. The van der Waals surface area contributed by atoms with Crippen LogP contribution in [0.1, 0.15) is 48.7 Å². The number of halogens is 1. The standard InChI is InChI=1S/C34H39FN4O7/c1-34(2,3)46-33(43)36-19-23-7-13-27(14-8-23)38-32(42)37-26-11-5-22(6-12-26)17-30(40)39-20-25(35)18-28(39)21-45-29-15-9-24(10-16-29)31(41)44-4/h5-16,25,28H,17-21H2,1-4H3,(H,36,43)(H2,37,38,42)/t25-,28-/m0/s1. The summed E-state index contributed by atoms with van der Waals surface area (Å²) in [4.78, 5) is 50.6. The van der Waals surface area contributed by atoms with Crippen molar-refractivity contribution >= 4 is 35.4 Å². The Labute approximate surface area is 267 Å². The summed E-state index contributed by atoms with van der Waals surface area (Å²) in [5.74, 6) is -0.182. The number of nitrogens with one attached hydrogen (secondary N) is 3. The third-order valence-corrected chi connectivity index (χ3v) is 7.02. The van der Waals surface area contributed by atoms with E-state index in [-0.39, 0.29) is 38.4 Å². The van der Waals surface area contributed by atoms with E-state index >= 15 is 0 Å². The number of carbonyl (C=O) groups excluding carboxylic acids is 4. The van der Waals surface area contributed by atoms with Crippen molar-refractivity contribution in [3.8, 4) is 5.75 Å². The maximum atomic E-state index is 14.3. The van der Waals surface area contributed by atoms with Gasteiger partial charge in [0, 0.05) is 24.3 Å². The third kappa shape index (κ3) is 10.2. The number of alkyl halides is 1. The van der Waals surface area contributed by atoms with Gasteiger partial charge in [-0.3, -0.25) is 4.79 Å². The zero-order chi connectivity index (χ0) is 33.3. The molecule has 4 rings (SSSR count). The van der Waals surface area contributed by atoms with Crippen LogP contribution in [0.15, 0.2) is 72.8 Å². The van der Waals surface area contributed by atoms with E-state index < -0.39 is 35.9 Å². The minimum atomic E-state index is -1.14. The predicted molar refractivity (Wildman–Crippen MR) is 171 cm³/mol. The molecule has 0 radical (unpaired) electrons. The molecule has 2 atom stereocenters. The molecule has 0 saturated carbocycles. The van der Waals surface area contributed by atoms with E-state index in [9.17, 15) is 23.6 Å². The van der Waals surface area contributed by atoms with Crippen molar-refractivity contribution in [2.75, 3.05) is 30.9 Å². The molecule has 1 aliphatic rings. The lowest BCUT2D eigenvalue weighted by atomic mass is 10.1. The van der Waals surface area contributed by atoms with Crippen molar-refractivity contribution in [3.05, 3.63) is 89.5 Å². The molecule has 0 aromatic heterocycles. The van der Waals surface area contributed by atoms with Crippen LogP contribution in [0.2, 0.25) is 0 Å². The van der Waals surface area contributed by atoms with Crippen molar-refractivity contribution in [2.45, 2.75) is 58.0 Å². The van der Waals surface area contributed by atoms with Gasteiger partial charge in [-0.25, -0.2) is 18.8 Å². The predicted octanol–water partition coefficient (Wildman–Crippen LogP) is 5.70. The fraction of sp³-hybridized carbons (Fsp3) is 0.353. The highest BCUT2D eigenvalue weighted by Gasteiger charge is 2.35. The average molecular weight is 635 g/mol. The van der Waals surface area contributed by atoms with Crippen molar-refractivity contribution in [2.24, 2.45) is 0 Å². The van der Waals surface area contributed by atoms with Gasteiger partial charge < -0.3 is 35.1 Å². The van der Waals surface area contributed by atoms with Crippen LogP contribution < -0.4 is 20.7 Å². The highest BCUT2D eigenvalue weighted by Crippen LogP contribution is 2.24. The third-order valence-electron chi connectivity index (χ3n) is 7.02. The molecule has 0 unspecified atom stereocenters. The van der Waals surface area contributed by atoms with E-state index in [1.165, 1.54) is 12.0 Å². The van der Waals surface area contributed by atoms with E-state index in [1.54, 1.807) is 93.6 Å². The lowest BCUT2D eigenvalue weighted by Gasteiger charge is -2.24. The van der Waals surface area contributed by atoms with E-state index in [1.807, 2.05) is 0 Å². The highest BCUT2D eigenvalue weighted by molar-refractivity contribution is 5.99. The largest absolute Gasteiger partial charge is 0.491 e. The van der Waals surface area contributed by atoms with Crippen molar-refractivity contribution < 1.29 is 37.8 Å². The molecule has 3 aromatic carbocycles. The van der Waals surface area contributed by atoms with Crippen LogP contribution in [-0.2, 0) is 27.2 Å². The van der Waals surface area contributed by atoms with E-state index in [0.29, 0.717) is 28.3 Å². The number of nitrogens with zero attached hydrogens (tertiary/aromatic N) is 1. The fourth-order valence-corrected chi connectivity index (χ4v) is 4.79. The van der Waals surface area contributed by atoms with Gasteiger partial charge in [-0.05, 0) is 80.4 Å². The first-order valence-corrected chi connectivity index (χ1v) is 14.9. The summed E-state index contributed by atoms with van der Waals surface area (Å²) in [6, 6.07) is 19.4. The van der Waals surface area contributed by atoms with Gasteiger partial charge in [-0.2, -0.15) is 0 Å². The highest BCUT2D eigenvalue weighted by atomic mass is 19.1. The number of hydrogen-bond donors (Lipinski definition) is 3. The minimum absolute atomic E-state index is 0.00478. The molecule has 1 heterocycles. The fourth-order valence-electron chi connectivity index (χ4n) is 4.79. The number of urea groups is 1. The molecule has 1 aliphatic heterocycles. The second kappa shape index (κ2) is 15.2. The lowest BCUT2D eigenvalue weighted by Crippen LogP contribution is -2.40. The van der Waals surface area contributed by atoms with Crippen LogP contribution in [0.25, 0.3) is 0 Å². The SMILES string of the molecule is COC(=O)c1ccc(OC[C@@H]2C[C@H](F)CN2C(=O)Cc2ccc(NC(=O)Nc3ccc(CNC(=O)OC(C)(C)C)cc3)cc2)cc1. The summed E-state index contributed by atoms with van der Waals surface area (Å²) in [6.45, 7) is 5.77. The maximum absolute atomic E-state index is 14.3. The number of methoxy groups -OCH3 is 1. The number of hydrogen-bond acceptors (Lipinski definition) is 7. The normalized spacial score (nSPS) is 15.9. The van der Waals surface area contributed by atoms with E-state index in [2.05, 4.69) is 20.7 Å². The number of carbonyl (C=O) groups is 4. The topological polar surface area (TPSA) is 135 Å². The Balaban J connectivity index is 1.23. The van der Waals surface area contributed by atoms with Gasteiger partial charge in [0.05, 0.1) is 31.7 Å². The number of esters is 1. The smallest absolute Gasteiger partial charge is 0.407 e. The Morgan fingerprint density at radius 3 is 2.02 bits per heavy atom. The number of rotatable bonds is 10. The summed E-state index contributed by atoms with van der Waals surface area (Å²) < 4.78 is 30.0. The summed E-state index contributed by atoms with van der Waals surface area (Å²) >= 11 is 0. The number of anilines is 2. The summed E-state index contributed by atoms with van der Waals surface area (Å²) in [6.07, 6.45) is -1.41. The quantitative estimate of drug-likeness (QED) is 0.244. The molecule has 3 aromatic rings. The van der Waals surface area contributed by atoms with Gasteiger partial charge in [0.25, 0.3) is 0 Å². The Bertz CT molecular complexity index is 1510. The average Bonchev–Trinajstić information content (AvgIpc) is 3.40. The summed E-state index contributed by atoms with van der Waals surface area (Å²) in [7, 11) is 1.30. The first-order valence-electron chi connectivity index (χ1n) is 14.9. The second-order valence-corrected chi connectivity index (χ2v) is 11.9. The number of alkyl carbamates (subject to hydrolysis) is 1. The Morgan fingerprint density at radius 1 is 0.870 bits per heavy atom. The Morgan fingerprint density at radius 2 is 1.46 bits per heavy atom. The van der Waals surface area contributed by atoms with E-state index in [4.69, 9.17) is 9.47 Å². The number of likely N-dealkylation sites (tertiary alicyclic amines) is 1. The van der Waals surface area contributed by atoms with Gasteiger partial charge >= 0.3 is 18.1 Å². The Hall–Kier alpha value is -5.13. The molecular weight excluding hydrogens is 595 g/mol. The van der Waals surface area contributed by atoms with Crippen molar-refractivity contribution in [1.29, 1.82) is 0 Å². The number of amides is 4. The van der Waals surface area contributed by atoms with E-state index in [0.717, 1.165) is 5.56 Å². The summed E-state index contributed by atoms with van der Waals surface area (Å²) in [5, 5.41) is 8.18. The zero-order valence-corrected chi connectivity index (χ0v) is 26.3. The molecule has 0 bridgehead atoms. The number of ether oxygens (including phenoxy) is 3. The molecule has 0 spiro atoms. The van der Waals surface area contributed by atoms with Gasteiger partial charge in [-0.15, -0.1) is 0 Å². The monoisotopic (exact) mass is 634 g/mol. The number of benzene rings is 3. The van der Waals surface area contributed by atoms with Crippen LogP contribution >= 0.6 is 0 Å². The van der Waals surface area contributed by atoms with Crippen LogP contribution in [0.4, 0.5) is 25.4 Å². The molecule has 4 amide bonds. The van der Waals surface area contributed by atoms with Crippen molar-refractivity contribution in [3.63, 3.8) is 0 Å². The van der Waals surface area contributed by atoms with Gasteiger partial charge in [0.15, 0.2) is 0 Å². The first-order chi connectivity index (χ1) is 21.9. The van der Waals surface area contributed by atoms with Crippen LogP contribution in [0.5, 0.6) is 5.75 Å². The maximum Gasteiger partial charge on any atom is 0.407 e. The lowest BCUT2D eigenvalue weighted by molar-refractivity contribution is -0.132. The van der Waals surface area contributed by atoms with Gasteiger partial charge in [-0.1, -0.05) is 24.3 Å². The van der Waals surface area contributed by atoms with Crippen molar-refractivity contribution in [1.82, 2.24) is 10.2 Å². The van der Waals surface area contributed by atoms with Gasteiger partial charge in [0.2, 0.25) is 5.91 Å². The molecule has 46 heavy (non-hydrogen) atoms. The Kier molecular flexibility index (Phi) is 11.2. The molecule has 3 N–H and O–H groups in total.